The fourth-order valence-electron chi connectivity index (χ4n) is 4.71. The molecular weight excluding hydrogens is 324 g/mol. The van der Waals surface area contributed by atoms with Crippen LogP contribution in [-0.2, 0) is 11.8 Å². The van der Waals surface area contributed by atoms with Gasteiger partial charge < -0.3 is 8.92 Å². The predicted molar refractivity (Wildman–Crippen MR) is 96.9 cm³/mol. The van der Waals surface area contributed by atoms with Gasteiger partial charge in [0.15, 0.2) is 0 Å². The molecule has 26 heavy (non-hydrogen) atoms. The topological polar surface area (TPSA) is 56.2 Å². The highest BCUT2D eigenvalue weighted by Crippen LogP contribution is 2.65. The minimum Gasteiger partial charge on any atom is -0.339 e. The summed E-state index contributed by atoms with van der Waals surface area (Å²) in [5, 5.41) is 4.26. The van der Waals surface area contributed by atoms with E-state index < -0.39 is 0 Å². The van der Waals surface area contributed by atoms with E-state index in [2.05, 4.69) is 34.4 Å². The van der Waals surface area contributed by atoms with Gasteiger partial charge in [-0.05, 0) is 48.9 Å². The van der Waals surface area contributed by atoms with E-state index in [9.17, 15) is 0 Å². The fraction of sp³-hybridized carbons (Fsp3) is 0.286. The lowest BCUT2D eigenvalue weighted by Crippen LogP contribution is -2.18. The number of imidazole rings is 1. The zero-order valence-corrected chi connectivity index (χ0v) is 14.3. The van der Waals surface area contributed by atoms with Crippen molar-refractivity contribution in [3.63, 3.8) is 0 Å². The molecule has 1 saturated carbocycles. The first-order chi connectivity index (χ1) is 12.8. The van der Waals surface area contributed by atoms with Crippen LogP contribution >= 0.6 is 0 Å². The maximum absolute atomic E-state index is 5.70. The minimum atomic E-state index is 0.216. The summed E-state index contributed by atoms with van der Waals surface area (Å²) in [6, 6.07) is 12.9. The van der Waals surface area contributed by atoms with Crippen molar-refractivity contribution in [1.82, 2.24) is 19.5 Å². The van der Waals surface area contributed by atoms with Gasteiger partial charge in [-0.25, -0.2) is 4.98 Å². The van der Waals surface area contributed by atoms with Gasteiger partial charge in [0.1, 0.15) is 0 Å². The Kier molecular flexibility index (Phi) is 2.76. The van der Waals surface area contributed by atoms with Gasteiger partial charge in [0.2, 0.25) is 11.7 Å². The molecule has 0 N–H and O–H groups in total. The molecule has 0 saturated heterocycles. The number of hydrogen-bond acceptors (Lipinski definition) is 4. The van der Waals surface area contributed by atoms with Crippen LogP contribution in [0.25, 0.3) is 16.9 Å². The van der Waals surface area contributed by atoms with Gasteiger partial charge in [-0.15, -0.1) is 0 Å². The standard InChI is InChI=1S/C21H18N4O/c1-2-6-17-14(4-1)5-3-8-21(17)11-18(21)20-23-19(24-26-20)15-7-9-25-13-22-12-16(25)10-15/h1-2,4,6-7,9-10,12-13,18H,3,5,8,11H2/t18-,21-/m0/s1. The Morgan fingerprint density at radius 1 is 1.19 bits per heavy atom. The lowest BCUT2D eigenvalue weighted by molar-refractivity contribution is 0.367. The number of nitrogens with zero attached hydrogens (tertiary/aromatic N) is 4. The number of aryl methyl sites for hydroxylation is 1. The molecule has 1 fully saturated rings. The molecule has 1 aromatic carbocycles. The Bertz CT molecular complexity index is 1130. The Morgan fingerprint density at radius 3 is 3.15 bits per heavy atom. The Hall–Kier alpha value is -2.95. The van der Waals surface area contributed by atoms with Crippen LogP contribution in [0.1, 0.15) is 42.2 Å². The van der Waals surface area contributed by atoms with E-state index in [-0.39, 0.29) is 5.41 Å². The molecule has 5 nitrogen and oxygen atoms in total. The monoisotopic (exact) mass is 342 g/mol. The molecule has 6 rings (SSSR count). The molecule has 0 unspecified atom stereocenters. The first-order valence-electron chi connectivity index (χ1n) is 9.18. The summed E-state index contributed by atoms with van der Waals surface area (Å²) in [6.07, 6.45) is 10.4. The van der Waals surface area contributed by atoms with Crippen LogP contribution in [-0.4, -0.2) is 19.5 Å². The molecule has 5 heteroatoms. The molecule has 4 aromatic rings. The zero-order valence-electron chi connectivity index (χ0n) is 14.3. The van der Waals surface area contributed by atoms with Crippen molar-refractivity contribution in [3.8, 4) is 11.4 Å². The maximum atomic E-state index is 5.70. The predicted octanol–water partition coefficient (Wildman–Crippen LogP) is 4.15. The van der Waals surface area contributed by atoms with Crippen molar-refractivity contribution in [2.24, 2.45) is 0 Å². The van der Waals surface area contributed by atoms with E-state index in [0.717, 1.165) is 23.4 Å². The second-order valence-electron chi connectivity index (χ2n) is 7.52. The van der Waals surface area contributed by atoms with Crippen LogP contribution in [0.3, 0.4) is 0 Å². The van der Waals surface area contributed by atoms with E-state index in [4.69, 9.17) is 9.51 Å². The number of pyridine rings is 1. The molecule has 0 radical (unpaired) electrons. The van der Waals surface area contributed by atoms with Crippen molar-refractivity contribution in [2.75, 3.05) is 0 Å². The van der Waals surface area contributed by atoms with E-state index in [1.54, 1.807) is 6.33 Å². The maximum Gasteiger partial charge on any atom is 0.231 e. The molecule has 2 aliphatic rings. The van der Waals surface area contributed by atoms with Gasteiger partial charge in [0, 0.05) is 23.1 Å². The number of aromatic nitrogens is 4. The zero-order chi connectivity index (χ0) is 17.1. The quantitative estimate of drug-likeness (QED) is 0.549. The number of hydrogen-bond donors (Lipinski definition) is 0. The average Bonchev–Trinajstić information content (AvgIpc) is 3.06. The molecule has 1 spiro atoms. The van der Waals surface area contributed by atoms with Gasteiger partial charge in [0.25, 0.3) is 0 Å². The highest BCUT2D eigenvalue weighted by atomic mass is 16.5. The third-order valence-corrected chi connectivity index (χ3v) is 6.11. The number of fused-ring (bicyclic) bond motifs is 3. The van der Waals surface area contributed by atoms with Gasteiger partial charge in [0.05, 0.1) is 18.0 Å². The van der Waals surface area contributed by atoms with Gasteiger partial charge in [-0.2, -0.15) is 4.98 Å². The van der Waals surface area contributed by atoms with Crippen molar-refractivity contribution < 1.29 is 4.52 Å². The minimum absolute atomic E-state index is 0.216. The molecule has 0 aliphatic heterocycles. The average molecular weight is 342 g/mol. The summed E-state index contributed by atoms with van der Waals surface area (Å²) in [5.74, 6) is 1.80. The summed E-state index contributed by atoms with van der Waals surface area (Å²) >= 11 is 0. The molecule has 2 atom stereocenters. The molecule has 3 heterocycles. The van der Waals surface area contributed by atoms with Crippen LogP contribution in [0, 0.1) is 0 Å². The summed E-state index contributed by atoms with van der Waals surface area (Å²) in [7, 11) is 0. The van der Waals surface area contributed by atoms with Crippen molar-refractivity contribution in [2.45, 2.75) is 37.0 Å². The SMILES string of the molecule is c1ccc2c(c1)CCC[C@]21C[C@H]1c1nc(-c2ccn3cncc3c2)no1. The molecule has 2 aliphatic carbocycles. The Morgan fingerprint density at radius 2 is 2.15 bits per heavy atom. The fourth-order valence-corrected chi connectivity index (χ4v) is 4.71. The molecule has 3 aromatic heterocycles. The van der Waals surface area contributed by atoms with Gasteiger partial charge in [-0.1, -0.05) is 29.4 Å². The van der Waals surface area contributed by atoms with Crippen LogP contribution in [0.4, 0.5) is 0 Å². The molecule has 0 amide bonds. The smallest absolute Gasteiger partial charge is 0.231 e. The second kappa shape index (κ2) is 5.04. The summed E-state index contributed by atoms with van der Waals surface area (Å²) in [6.45, 7) is 0. The first-order valence-corrected chi connectivity index (χ1v) is 9.18. The van der Waals surface area contributed by atoms with E-state index in [1.165, 1.54) is 30.4 Å². The lowest BCUT2D eigenvalue weighted by Gasteiger charge is -2.25. The third-order valence-electron chi connectivity index (χ3n) is 6.11. The largest absolute Gasteiger partial charge is 0.339 e. The Balaban J connectivity index is 1.35. The van der Waals surface area contributed by atoms with E-state index in [1.807, 2.05) is 28.9 Å². The molecule has 0 bridgehead atoms. The summed E-state index contributed by atoms with van der Waals surface area (Å²) in [4.78, 5) is 8.91. The number of rotatable bonds is 2. The van der Waals surface area contributed by atoms with Crippen LogP contribution in [0.15, 0.2) is 59.6 Å². The van der Waals surface area contributed by atoms with Crippen molar-refractivity contribution in [3.05, 3.63) is 72.1 Å². The van der Waals surface area contributed by atoms with Gasteiger partial charge >= 0.3 is 0 Å². The summed E-state index contributed by atoms with van der Waals surface area (Å²) in [5.41, 5.74) is 5.20. The first kappa shape index (κ1) is 14.2. The summed E-state index contributed by atoms with van der Waals surface area (Å²) < 4.78 is 7.67. The Labute approximate surface area is 150 Å². The lowest BCUT2D eigenvalue weighted by atomic mass is 9.78. The van der Waals surface area contributed by atoms with Gasteiger partial charge in [-0.3, -0.25) is 0 Å². The van der Waals surface area contributed by atoms with Crippen LogP contribution < -0.4 is 0 Å². The van der Waals surface area contributed by atoms with Crippen LogP contribution in [0.5, 0.6) is 0 Å². The van der Waals surface area contributed by atoms with E-state index in [0.29, 0.717) is 11.7 Å². The van der Waals surface area contributed by atoms with E-state index >= 15 is 0 Å². The third kappa shape index (κ3) is 1.94. The molecular formula is C21H18N4O. The van der Waals surface area contributed by atoms with Crippen LogP contribution in [0.2, 0.25) is 0 Å². The highest BCUT2D eigenvalue weighted by molar-refractivity contribution is 5.62. The van der Waals surface area contributed by atoms with Crippen molar-refractivity contribution in [1.29, 1.82) is 0 Å². The normalized spacial score (nSPS) is 24.1. The highest BCUT2D eigenvalue weighted by Gasteiger charge is 2.59. The van der Waals surface area contributed by atoms with Crippen molar-refractivity contribution >= 4 is 5.52 Å². The number of benzene rings is 1. The molecule has 128 valence electrons. The second-order valence-corrected chi connectivity index (χ2v) is 7.52.